The van der Waals surface area contributed by atoms with E-state index in [1.807, 2.05) is 0 Å². The lowest BCUT2D eigenvalue weighted by Crippen LogP contribution is -2.62. The number of hydrogen-bond acceptors (Lipinski definition) is 10. The van der Waals surface area contributed by atoms with Gasteiger partial charge in [0.15, 0.2) is 29.3 Å². The predicted molar refractivity (Wildman–Crippen MR) is 165 cm³/mol. The molecular formula is C30H38N8O7S. The SMILES string of the molecule is CCNC(=O)[C@H]1O[C@@H](n2cnc3c(NC(=O)Nc4ccccc4S(=O)(=O)NC45C[C@H]6C[C@@H](C4)C[C@](C)(C6)C5)ncnc32)C(O)C1O. The van der Waals surface area contributed by atoms with Gasteiger partial charge in [0.05, 0.1) is 12.0 Å². The number of rotatable bonds is 8. The molecule has 0 radical (unpaired) electrons. The summed E-state index contributed by atoms with van der Waals surface area (Å²) in [5.74, 6) is 0.489. The number of hydrogen-bond donors (Lipinski definition) is 6. The minimum atomic E-state index is -3.98. The maximum atomic E-state index is 13.8. The van der Waals surface area contributed by atoms with Crippen molar-refractivity contribution in [1.29, 1.82) is 0 Å². The fourth-order valence-corrected chi connectivity index (χ4v) is 10.3. The topological polar surface area (TPSA) is 210 Å². The van der Waals surface area contributed by atoms with Crippen LogP contribution < -0.4 is 20.7 Å². The first-order valence-electron chi connectivity index (χ1n) is 15.6. The highest BCUT2D eigenvalue weighted by atomic mass is 32.2. The Labute approximate surface area is 265 Å². The zero-order chi connectivity index (χ0) is 32.4. The van der Waals surface area contributed by atoms with E-state index in [9.17, 15) is 28.2 Å². The number of ether oxygens (including phenoxy) is 1. The average Bonchev–Trinajstić information content (AvgIpc) is 3.52. The maximum Gasteiger partial charge on any atom is 0.324 e. The van der Waals surface area contributed by atoms with Gasteiger partial charge in [-0.1, -0.05) is 19.1 Å². The van der Waals surface area contributed by atoms with E-state index in [1.165, 1.54) is 35.8 Å². The molecule has 0 spiro atoms. The highest BCUT2D eigenvalue weighted by Gasteiger charge is 2.57. The molecule has 46 heavy (non-hydrogen) atoms. The molecule has 6 N–H and O–H groups in total. The van der Waals surface area contributed by atoms with Crippen molar-refractivity contribution in [2.75, 3.05) is 17.2 Å². The van der Waals surface area contributed by atoms with Gasteiger partial charge in [-0.2, -0.15) is 0 Å². The number of likely N-dealkylation sites (N-methyl/N-ethyl adjacent to an activating group) is 1. The van der Waals surface area contributed by atoms with E-state index >= 15 is 0 Å². The molecule has 15 nitrogen and oxygen atoms in total. The summed E-state index contributed by atoms with van der Waals surface area (Å²) >= 11 is 0. The molecule has 3 unspecified atom stereocenters. The number of aliphatic hydroxyl groups is 2. The van der Waals surface area contributed by atoms with Crippen molar-refractivity contribution in [3.63, 3.8) is 0 Å². The van der Waals surface area contributed by atoms with Crippen LogP contribution in [-0.2, 0) is 19.6 Å². The van der Waals surface area contributed by atoms with E-state index in [2.05, 4.69) is 42.5 Å². The number of nitrogens with zero attached hydrogens (tertiary/aromatic N) is 4. The molecule has 3 heterocycles. The third kappa shape index (κ3) is 5.41. The molecule has 8 atom stereocenters. The smallest absolute Gasteiger partial charge is 0.324 e. The summed E-state index contributed by atoms with van der Waals surface area (Å²) < 4.78 is 37.8. The number of amides is 3. The minimum Gasteiger partial charge on any atom is -0.387 e. The molecule has 16 heteroatoms. The molecule has 4 aliphatic carbocycles. The molecule has 3 amide bonds. The fourth-order valence-electron chi connectivity index (χ4n) is 8.76. The van der Waals surface area contributed by atoms with Gasteiger partial charge < -0.3 is 25.6 Å². The third-order valence-corrected chi connectivity index (χ3v) is 11.5. The molecular weight excluding hydrogens is 616 g/mol. The number of benzene rings is 1. The highest BCUT2D eigenvalue weighted by molar-refractivity contribution is 7.89. The van der Waals surface area contributed by atoms with E-state index in [0.717, 1.165) is 32.1 Å². The van der Waals surface area contributed by atoms with Crippen LogP contribution in [0.2, 0.25) is 0 Å². The van der Waals surface area contributed by atoms with Gasteiger partial charge in [-0.3, -0.25) is 14.7 Å². The van der Waals surface area contributed by atoms with Gasteiger partial charge in [-0.05, 0) is 74.8 Å². The van der Waals surface area contributed by atoms with Crippen molar-refractivity contribution in [3.05, 3.63) is 36.9 Å². The standard InChI is InChI=1S/C30H38N8O7S/c1-3-31-26(41)23-21(39)22(40)27(45-23)38-15-34-20-24(32-14-33-25(20)38)36-28(42)35-18-6-4-5-7-19(18)46(43,44)37-30-11-16-8-17(12-30)10-29(2,9-16)13-30/h4-7,14-17,21-23,27,37,39-40H,3,8-13H2,1-2H3,(H,31,41)(H2,32,33,35,36,42)/t16-,17+,21?,22?,23-,27+,29-,30?/m0/s1. The second-order valence-electron chi connectivity index (χ2n) is 13.6. The van der Waals surface area contributed by atoms with Gasteiger partial charge in [-0.25, -0.2) is 32.9 Å². The Bertz CT molecular complexity index is 1780. The number of nitrogens with one attached hydrogen (secondary N) is 4. The Kier molecular flexibility index (Phi) is 7.55. The van der Waals surface area contributed by atoms with Crippen molar-refractivity contribution in [2.24, 2.45) is 17.3 Å². The summed E-state index contributed by atoms with van der Waals surface area (Å²) in [7, 11) is -3.98. The van der Waals surface area contributed by atoms with Gasteiger partial charge in [-0.15, -0.1) is 0 Å². The van der Waals surface area contributed by atoms with Crippen LogP contribution in [0.25, 0.3) is 11.2 Å². The lowest BCUT2D eigenvalue weighted by molar-refractivity contribution is -0.137. The largest absolute Gasteiger partial charge is 0.387 e. The molecule has 4 bridgehead atoms. The lowest BCUT2D eigenvalue weighted by Gasteiger charge is -2.61. The highest BCUT2D eigenvalue weighted by Crippen LogP contribution is 2.61. The van der Waals surface area contributed by atoms with Crippen molar-refractivity contribution in [1.82, 2.24) is 29.6 Å². The van der Waals surface area contributed by atoms with E-state index in [4.69, 9.17) is 4.74 Å². The van der Waals surface area contributed by atoms with Crippen LogP contribution in [0.15, 0.2) is 41.8 Å². The number of urea groups is 1. The van der Waals surface area contributed by atoms with Gasteiger partial charge in [0, 0.05) is 12.1 Å². The predicted octanol–water partition coefficient (Wildman–Crippen LogP) is 1.86. The first-order chi connectivity index (χ1) is 21.9. The minimum absolute atomic E-state index is 0.00911. The van der Waals surface area contributed by atoms with Crippen molar-refractivity contribution < 1.29 is 33.0 Å². The van der Waals surface area contributed by atoms with Crippen LogP contribution >= 0.6 is 0 Å². The second kappa shape index (κ2) is 11.2. The zero-order valence-electron chi connectivity index (χ0n) is 25.5. The number of anilines is 2. The quantitative estimate of drug-likeness (QED) is 0.208. The third-order valence-electron chi connectivity index (χ3n) is 9.84. The maximum absolute atomic E-state index is 13.8. The van der Waals surface area contributed by atoms with E-state index in [-0.39, 0.29) is 33.0 Å². The van der Waals surface area contributed by atoms with Gasteiger partial charge in [0.2, 0.25) is 10.0 Å². The summed E-state index contributed by atoms with van der Waals surface area (Å²) in [5, 5.41) is 28.9. The zero-order valence-corrected chi connectivity index (χ0v) is 26.3. The first-order valence-corrected chi connectivity index (χ1v) is 17.1. The van der Waals surface area contributed by atoms with Crippen molar-refractivity contribution in [3.8, 4) is 0 Å². The number of aromatic nitrogens is 4. The summed E-state index contributed by atoms with van der Waals surface area (Å²) in [6.45, 7) is 4.31. The van der Waals surface area contributed by atoms with Crippen LogP contribution in [0.4, 0.5) is 16.3 Å². The lowest BCUT2D eigenvalue weighted by atomic mass is 9.48. The van der Waals surface area contributed by atoms with Crippen LogP contribution in [-0.4, -0.2) is 80.5 Å². The summed E-state index contributed by atoms with van der Waals surface area (Å²) in [6.07, 6.45) is 2.95. The molecule has 4 saturated carbocycles. The molecule has 246 valence electrons. The number of para-hydroxylation sites is 1. The van der Waals surface area contributed by atoms with Gasteiger partial charge in [0.25, 0.3) is 5.91 Å². The number of imidazole rings is 1. The van der Waals surface area contributed by atoms with Crippen LogP contribution in [0.3, 0.4) is 0 Å². The molecule has 2 aromatic heterocycles. The van der Waals surface area contributed by atoms with Gasteiger partial charge in [0.1, 0.15) is 23.4 Å². The Morgan fingerprint density at radius 2 is 1.78 bits per heavy atom. The average molecular weight is 655 g/mol. The number of carbonyl (C=O) groups excluding carboxylic acids is 2. The van der Waals surface area contributed by atoms with E-state index in [0.29, 0.717) is 18.4 Å². The monoisotopic (exact) mass is 654 g/mol. The summed E-state index contributed by atoms with van der Waals surface area (Å²) in [5.41, 5.74) is 0.0713. The molecule has 8 rings (SSSR count). The van der Waals surface area contributed by atoms with Gasteiger partial charge >= 0.3 is 6.03 Å². The summed E-state index contributed by atoms with van der Waals surface area (Å²) in [6, 6.07) is 5.49. The number of carbonyl (C=O) groups is 2. The molecule has 1 aromatic carbocycles. The van der Waals surface area contributed by atoms with Crippen LogP contribution in [0.5, 0.6) is 0 Å². The molecule has 5 fully saturated rings. The van der Waals surface area contributed by atoms with Crippen molar-refractivity contribution in [2.45, 2.75) is 87.3 Å². The number of fused-ring (bicyclic) bond motifs is 1. The van der Waals surface area contributed by atoms with Crippen LogP contribution in [0.1, 0.15) is 58.6 Å². The molecule has 1 aliphatic heterocycles. The molecule has 5 aliphatic rings. The normalized spacial score (nSPS) is 33.3. The Balaban J connectivity index is 1.09. The van der Waals surface area contributed by atoms with E-state index in [1.54, 1.807) is 19.1 Å². The van der Waals surface area contributed by atoms with Crippen molar-refractivity contribution >= 4 is 44.6 Å². The fraction of sp³-hybridized carbons (Fsp3) is 0.567. The molecule has 3 aromatic rings. The number of sulfonamides is 1. The Hall–Kier alpha value is -3.70. The first kappa shape index (κ1) is 30.9. The van der Waals surface area contributed by atoms with Crippen LogP contribution in [0, 0.1) is 17.3 Å². The number of aliphatic hydroxyl groups excluding tert-OH is 2. The second-order valence-corrected chi connectivity index (χ2v) is 15.3. The van der Waals surface area contributed by atoms with E-state index < -0.39 is 52.0 Å². The Morgan fingerprint density at radius 3 is 2.50 bits per heavy atom. The summed E-state index contributed by atoms with van der Waals surface area (Å²) in [4.78, 5) is 38.1. The Morgan fingerprint density at radius 1 is 1.04 bits per heavy atom. The molecule has 1 saturated heterocycles.